The molecule has 0 unspecified atom stereocenters. The van der Waals surface area contributed by atoms with Crippen LogP contribution in [-0.2, 0) is 0 Å². The standard InChI is InChI=1S/C12H16N4/c13-8-11-7-12(16-9-15-11)14-6-5-10-3-1-2-4-10/h7,9-10H,1-6H2,(H,14,15,16). The summed E-state index contributed by atoms with van der Waals surface area (Å²) < 4.78 is 0. The van der Waals surface area contributed by atoms with Crippen molar-refractivity contribution in [1.82, 2.24) is 9.97 Å². The number of hydrogen-bond acceptors (Lipinski definition) is 4. The average molecular weight is 216 g/mol. The Kier molecular flexibility index (Phi) is 3.71. The molecule has 0 aliphatic heterocycles. The lowest BCUT2D eigenvalue weighted by Crippen LogP contribution is -2.08. The molecule has 0 spiro atoms. The average Bonchev–Trinajstić information content (AvgIpc) is 2.82. The zero-order valence-corrected chi connectivity index (χ0v) is 9.32. The van der Waals surface area contributed by atoms with Crippen molar-refractivity contribution in [3.63, 3.8) is 0 Å². The van der Waals surface area contributed by atoms with E-state index in [4.69, 9.17) is 5.26 Å². The van der Waals surface area contributed by atoms with Crippen molar-refractivity contribution < 1.29 is 0 Å². The summed E-state index contributed by atoms with van der Waals surface area (Å²) in [5.41, 5.74) is 0.415. The Morgan fingerprint density at radius 2 is 2.19 bits per heavy atom. The zero-order chi connectivity index (χ0) is 11.2. The van der Waals surface area contributed by atoms with E-state index in [0.717, 1.165) is 18.3 Å². The number of nitrogens with zero attached hydrogens (tertiary/aromatic N) is 3. The fourth-order valence-corrected chi connectivity index (χ4v) is 2.22. The highest BCUT2D eigenvalue weighted by atomic mass is 15.0. The van der Waals surface area contributed by atoms with E-state index in [1.165, 1.54) is 38.4 Å². The first-order valence-corrected chi connectivity index (χ1v) is 5.84. The summed E-state index contributed by atoms with van der Waals surface area (Å²) in [5.74, 6) is 1.63. The van der Waals surface area contributed by atoms with Crippen LogP contribution in [0.5, 0.6) is 0 Å². The van der Waals surface area contributed by atoms with Crippen molar-refractivity contribution in [2.24, 2.45) is 5.92 Å². The lowest BCUT2D eigenvalue weighted by Gasteiger charge is -2.09. The Morgan fingerprint density at radius 3 is 2.94 bits per heavy atom. The van der Waals surface area contributed by atoms with E-state index >= 15 is 0 Å². The van der Waals surface area contributed by atoms with Gasteiger partial charge in [0.25, 0.3) is 0 Å². The number of aromatic nitrogens is 2. The molecule has 0 bridgehead atoms. The lowest BCUT2D eigenvalue weighted by atomic mass is 10.0. The first-order valence-electron chi connectivity index (χ1n) is 5.84. The third-order valence-electron chi connectivity index (χ3n) is 3.12. The van der Waals surface area contributed by atoms with Crippen LogP contribution in [0, 0.1) is 17.2 Å². The molecule has 1 N–H and O–H groups in total. The summed E-state index contributed by atoms with van der Waals surface area (Å²) >= 11 is 0. The predicted molar refractivity (Wildman–Crippen MR) is 61.8 cm³/mol. The van der Waals surface area contributed by atoms with Gasteiger partial charge in [0.15, 0.2) is 0 Å². The van der Waals surface area contributed by atoms with E-state index in [1.54, 1.807) is 6.07 Å². The Hall–Kier alpha value is -1.63. The Bertz CT molecular complexity index is 377. The van der Waals surface area contributed by atoms with Gasteiger partial charge in [-0.25, -0.2) is 9.97 Å². The minimum absolute atomic E-state index is 0.415. The van der Waals surface area contributed by atoms with Crippen LogP contribution in [0.15, 0.2) is 12.4 Å². The van der Waals surface area contributed by atoms with Gasteiger partial charge in [-0.1, -0.05) is 25.7 Å². The number of hydrogen-bond donors (Lipinski definition) is 1. The SMILES string of the molecule is N#Cc1cc(NCCC2CCCC2)ncn1. The van der Waals surface area contributed by atoms with Crippen LogP contribution in [0.3, 0.4) is 0 Å². The van der Waals surface area contributed by atoms with Gasteiger partial charge in [0.2, 0.25) is 0 Å². The minimum atomic E-state index is 0.415. The quantitative estimate of drug-likeness (QED) is 0.839. The van der Waals surface area contributed by atoms with Crippen LogP contribution >= 0.6 is 0 Å². The molecule has 0 radical (unpaired) electrons. The molecule has 0 amide bonds. The maximum atomic E-state index is 8.69. The topological polar surface area (TPSA) is 61.6 Å². The summed E-state index contributed by atoms with van der Waals surface area (Å²) in [6.45, 7) is 0.937. The van der Waals surface area contributed by atoms with Gasteiger partial charge in [0.05, 0.1) is 0 Å². The van der Waals surface area contributed by atoms with Crippen molar-refractivity contribution >= 4 is 5.82 Å². The second-order valence-corrected chi connectivity index (χ2v) is 4.27. The van der Waals surface area contributed by atoms with Crippen LogP contribution < -0.4 is 5.32 Å². The van der Waals surface area contributed by atoms with E-state index < -0.39 is 0 Å². The molecule has 16 heavy (non-hydrogen) atoms. The van der Waals surface area contributed by atoms with E-state index in [-0.39, 0.29) is 0 Å². The Balaban J connectivity index is 1.78. The summed E-state index contributed by atoms with van der Waals surface area (Å²) in [6, 6.07) is 3.70. The van der Waals surface area contributed by atoms with Gasteiger partial charge in [-0.15, -0.1) is 0 Å². The molecule has 0 atom stereocenters. The molecular weight excluding hydrogens is 200 g/mol. The molecule has 4 nitrogen and oxygen atoms in total. The molecule has 1 aromatic rings. The monoisotopic (exact) mass is 216 g/mol. The summed E-state index contributed by atoms with van der Waals surface area (Å²) in [5, 5.41) is 11.9. The van der Waals surface area contributed by atoms with Gasteiger partial charge in [-0.05, 0) is 12.3 Å². The van der Waals surface area contributed by atoms with E-state index in [2.05, 4.69) is 15.3 Å². The largest absolute Gasteiger partial charge is 0.370 e. The highest BCUT2D eigenvalue weighted by Crippen LogP contribution is 2.27. The first kappa shape index (κ1) is 10.9. The number of nitrogens with one attached hydrogen (secondary N) is 1. The molecule has 0 aromatic carbocycles. The molecule has 1 fully saturated rings. The van der Waals surface area contributed by atoms with Gasteiger partial charge in [-0.3, -0.25) is 0 Å². The molecule has 1 aliphatic rings. The van der Waals surface area contributed by atoms with Crippen molar-refractivity contribution in [3.8, 4) is 6.07 Å². The third kappa shape index (κ3) is 2.93. The molecule has 84 valence electrons. The van der Waals surface area contributed by atoms with Gasteiger partial charge in [0, 0.05) is 12.6 Å². The lowest BCUT2D eigenvalue weighted by molar-refractivity contribution is 0.518. The predicted octanol–water partition coefficient (Wildman–Crippen LogP) is 2.34. The van der Waals surface area contributed by atoms with Crippen molar-refractivity contribution in [2.45, 2.75) is 32.1 Å². The van der Waals surface area contributed by atoms with Gasteiger partial charge < -0.3 is 5.32 Å². The molecule has 1 aromatic heterocycles. The Labute approximate surface area is 95.7 Å². The smallest absolute Gasteiger partial charge is 0.145 e. The molecular formula is C12H16N4. The number of nitriles is 1. The molecule has 1 aliphatic carbocycles. The van der Waals surface area contributed by atoms with Crippen LogP contribution in [0.2, 0.25) is 0 Å². The van der Waals surface area contributed by atoms with Gasteiger partial charge in [-0.2, -0.15) is 5.26 Å². The number of anilines is 1. The van der Waals surface area contributed by atoms with Crippen molar-refractivity contribution in [3.05, 3.63) is 18.1 Å². The molecule has 4 heteroatoms. The fourth-order valence-electron chi connectivity index (χ4n) is 2.22. The maximum absolute atomic E-state index is 8.69. The fraction of sp³-hybridized carbons (Fsp3) is 0.583. The summed E-state index contributed by atoms with van der Waals surface area (Å²) in [4.78, 5) is 7.91. The zero-order valence-electron chi connectivity index (χ0n) is 9.32. The highest BCUT2D eigenvalue weighted by molar-refractivity contribution is 5.38. The highest BCUT2D eigenvalue weighted by Gasteiger charge is 2.14. The maximum Gasteiger partial charge on any atom is 0.145 e. The number of rotatable bonds is 4. The van der Waals surface area contributed by atoms with E-state index in [9.17, 15) is 0 Å². The minimum Gasteiger partial charge on any atom is -0.370 e. The summed E-state index contributed by atoms with van der Waals surface area (Å²) in [7, 11) is 0. The van der Waals surface area contributed by atoms with Crippen molar-refractivity contribution in [1.29, 1.82) is 5.26 Å². The Morgan fingerprint density at radius 1 is 1.38 bits per heavy atom. The molecule has 0 saturated heterocycles. The second-order valence-electron chi connectivity index (χ2n) is 4.27. The van der Waals surface area contributed by atoms with Gasteiger partial charge >= 0.3 is 0 Å². The van der Waals surface area contributed by atoms with E-state index in [1.807, 2.05) is 6.07 Å². The summed E-state index contributed by atoms with van der Waals surface area (Å²) in [6.07, 6.45) is 8.14. The van der Waals surface area contributed by atoms with Crippen molar-refractivity contribution in [2.75, 3.05) is 11.9 Å². The van der Waals surface area contributed by atoms with Crippen LogP contribution in [0.1, 0.15) is 37.8 Å². The van der Waals surface area contributed by atoms with Crippen LogP contribution in [0.25, 0.3) is 0 Å². The molecule has 2 rings (SSSR count). The van der Waals surface area contributed by atoms with Gasteiger partial charge in [0.1, 0.15) is 23.9 Å². The second kappa shape index (κ2) is 5.45. The first-order chi connectivity index (χ1) is 7.88. The third-order valence-corrected chi connectivity index (χ3v) is 3.12. The normalized spacial score (nSPS) is 15.9. The molecule has 1 saturated carbocycles. The molecule has 1 heterocycles. The van der Waals surface area contributed by atoms with E-state index in [0.29, 0.717) is 5.69 Å². The van der Waals surface area contributed by atoms with Crippen LogP contribution in [0.4, 0.5) is 5.82 Å². The van der Waals surface area contributed by atoms with Crippen LogP contribution in [-0.4, -0.2) is 16.5 Å².